The molecule has 0 radical (unpaired) electrons. The first-order chi connectivity index (χ1) is 6.73. The minimum Gasteiger partial charge on any atom is -0.508 e. The van der Waals surface area contributed by atoms with Gasteiger partial charge in [0.05, 0.1) is 0 Å². The van der Waals surface area contributed by atoms with E-state index in [2.05, 4.69) is 0 Å². The van der Waals surface area contributed by atoms with Crippen LogP contribution in [0.15, 0.2) is 12.1 Å². The fraction of sp³-hybridized carbons (Fsp3) is 0.538. The molecule has 1 aromatic carbocycles. The summed E-state index contributed by atoms with van der Waals surface area (Å²) in [4.78, 5) is 0. The van der Waals surface area contributed by atoms with Crippen LogP contribution < -0.4 is 0 Å². The third kappa shape index (κ3) is 2.49. The summed E-state index contributed by atoms with van der Waals surface area (Å²) in [5.41, 5.74) is 0.946. The molecule has 0 aliphatic rings. The van der Waals surface area contributed by atoms with Crippen LogP contribution in [0.2, 0.25) is 0 Å². The van der Waals surface area contributed by atoms with E-state index in [1.165, 1.54) is 6.07 Å². The topological polar surface area (TPSA) is 20.2 Å². The highest BCUT2D eigenvalue weighted by molar-refractivity contribution is 5.41. The molecule has 15 heavy (non-hydrogen) atoms. The van der Waals surface area contributed by atoms with Crippen LogP contribution in [0.4, 0.5) is 4.39 Å². The SMILES string of the molecule is CC(C)c1cc(F)c(C(C)(C)C)cc1O. The van der Waals surface area contributed by atoms with E-state index in [1.807, 2.05) is 34.6 Å². The molecule has 0 saturated carbocycles. The van der Waals surface area contributed by atoms with Gasteiger partial charge in [-0.05, 0) is 34.6 Å². The van der Waals surface area contributed by atoms with E-state index in [0.29, 0.717) is 11.1 Å². The molecule has 1 N–H and O–H groups in total. The summed E-state index contributed by atoms with van der Waals surface area (Å²) >= 11 is 0. The van der Waals surface area contributed by atoms with Crippen molar-refractivity contribution in [3.8, 4) is 5.75 Å². The zero-order valence-corrected chi connectivity index (χ0v) is 10.1. The van der Waals surface area contributed by atoms with E-state index in [1.54, 1.807) is 6.07 Å². The second-order valence-electron chi connectivity index (χ2n) is 5.30. The molecule has 84 valence electrons. The van der Waals surface area contributed by atoms with Crippen molar-refractivity contribution in [3.05, 3.63) is 29.1 Å². The average Bonchev–Trinajstić information content (AvgIpc) is 2.06. The molecule has 0 fully saturated rings. The molecule has 0 unspecified atom stereocenters. The Morgan fingerprint density at radius 2 is 1.73 bits per heavy atom. The van der Waals surface area contributed by atoms with Gasteiger partial charge in [0.25, 0.3) is 0 Å². The number of hydrogen-bond donors (Lipinski definition) is 1. The predicted molar refractivity (Wildman–Crippen MR) is 60.9 cm³/mol. The first-order valence-corrected chi connectivity index (χ1v) is 5.26. The monoisotopic (exact) mass is 210 g/mol. The predicted octanol–water partition coefficient (Wildman–Crippen LogP) is 3.95. The Kier molecular flexibility index (Phi) is 3.08. The van der Waals surface area contributed by atoms with Crippen molar-refractivity contribution >= 4 is 0 Å². The number of aromatic hydroxyl groups is 1. The molecule has 0 atom stereocenters. The highest BCUT2D eigenvalue weighted by atomic mass is 19.1. The smallest absolute Gasteiger partial charge is 0.127 e. The van der Waals surface area contributed by atoms with Crippen molar-refractivity contribution < 1.29 is 9.50 Å². The molecule has 0 aliphatic heterocycles. The van der Waals surface area contributed by atoms with Crippen LogP contribution in [-0.4, -0.2) is 5.11 Å². The van der Waals surface area contributed by atoms with Gasteiger partial charge in [-0.2, -0.15) is 0 Å². The Morgan fingerprint density at radius 3 is 2.13 bits per heavy atom. The lowest BCUT2D eigenvalue weighted by Gasteiger charge is -2.21. The van der Waals surface area contributed by atoms with E-state index in [-0.39, 0.29) is 22.9 Å². The maximum atomic E-state index is 13.8. The van der Waals surface area contributed by atoms with Crippen LogP contribution in [-0.2, 0) is 5.41 Å². The van der Waals surface area contributed by atoms with Crippen molar-refractivity contribution in [2.75, 3.05) is 0 Å². The molecule has 0 amide bonds. The molecule has 2 heteroatoms. The summed E-state index contributed by atoms with van der Waals surface area (Å²) in [6.07, 6.45) is 0. The van der Waals surface area contributed by atoms with Gasteiger partial charge in [0.2, 0.25) is 0 Å². The molecule has 0 saturated heterocycles. The summed E-state index contributed by atoms with van der Waals surface area (Å²) in [7, 11) is 0. The molecule has 1 aromatic rings. The van der Waals surface area contributed by atoms with E-state index in [4.69, 9.17) is 0 Å². The lowest BCUT2D eigenvalue weighted by atomic mass is 9.85. The first-order valence-electron chi connectivity index (χ1n) is 5.26. The largest absolute Gasteiger partial charge is 0.508 e. The second-order valence-corrected chi connectivity index (χ2v) is 5.30. The maximum Gasteiger partial charge on any atom is 0.127 e. The maximum absolute atomic E-state index is 13.8. The molecule has 0 aliphatic carbocycles. The molecule has 0 spiro atoms. The van der Waals surface area contributed by atoms with Crippen LogP contribution in [0.5, 0.6) is 5.75 Å². The van der Waals surface area contributed by atoms with Gasteiger partial charge in [-0.15, -0.1) is 0 Å². The Bertz CT molecular complexity index is 362. The fourth-order valence-electron chi connectivity index (χ4n) is 1.61. The number of benzene rings is 1. The zero-order chi connectivity index (χ0) is 11.8. The van der Waals surface area contributed by atoms with Crippen molar-refractivity contribution in [2.45, 2.75) is 46.0 Å². The number of rotatable bonds is 1. The average molecular weight is 210 g/mol. The molecule has 1 rings (SSSR count). The van der Waals surface area contributed by atoms with E-state index >= 15 is 0 Å². The first kappa shape index (κ1) is 12.0. The van der Waals surface area contributed by atoms with Gasteiger partial charge in [-0.1, -0.05) is 34.6 Å². The van der Waals surface area contributed by atoms with Gasteiger partial charge in [0.15, 0.2) is 0 Å². The van der Waals surface area contributed by atoms with Crippen LogP contribution in [0.25, 0.3) is 0 Å². The number of hydrogen-bond acceptors (Lipinski definition) is 1. The third-order valence-corrected chi connectivity index (χ3v) is 2.55. The quantitative estimate of drug-likeness (QED) is 0.744. The van der Waals surface area contributed by atoms with E-state index in [9.17, 15) is 9.50 Å². The Labute approximate surface area is 90.9 Å². The summed E-state index contributed by atoms with van der Waals surface area (Å²) in [5.74, 6) is 0.0915. The van der Waals surface area contributed by atoms with Gasteiger partial charge in [0.1, 0.15) is 11.6 Å². The molecular weight excluding hydrogens is 191 g/mol. The standard InChI is InChI=1S/C13H19FO/c1-8(2)9-6-11(14)10(7-12(9)15)13(3,4)5/h6-8,15H,1-5H3. The lowest BCUT2D eigenvalue weighted by Crippen LogP contribution is -2.14. The normalized spacial score (nSPS) is 12.2. The second kappa shape index (κ2) is 3.84. The summed E-state index contributed by atoms with van der Waals surface area (Å²) in [5, 5.41) is 9.78. The molecular formula is C13H19FO. The van der Waals surface area contributed by atoms with Gasteiger partial charge in [-0.3, -0.25) is 0 Å². The molecule has 0 heterocycles. The summed E-state index contributed by atoms with van der Waals surface area (Å²) in [6.45, 7) is 9.66. The van der Waals surface area contributed by atoms with E-state index in [0.717, 1.165) is 0 Å². The minimum atomic E-state index is -0.281. The highest BCUT2D eigenvalue weighted by Crippen LogP contribution is 2.33. The van der Waals surface area contributed by atoms with Crippen molar-refractivity contribution in [1.29, 1.82) is 0 Å². The Balaban J connectivity index is 3.32. The minimum absolute atomic E-state index is 0.133. The van der Waals surface area contributed by atoms with Crippen LogP contribution in [0, 0.1) is 5.82 Å². The Morgan fingerprint density at radius 1 is 1.20 bits per heavy atom. The Hall–Kier alpha value is -1.05. The van der Waals surface area contributed by atoms with Crippen LogP contribution >= 0.6 is 0 Å². The summed E-state index contributed by atoms with van der Waals surface area (Å²) < 4.78 is 13.8. The molecule has 1 nitrogen and oxygen atoms in total. The van der Waals surface area contributed by atoms with Gasteiger partial charge < -0.3 is 5.11 Å². The van der Waals surface area contributed by atoms with Crippen LogP contribution in [0.3, 0.4) is 0 Å². The van der Waals surface area contributed by atoms with Crippen LogP contribution in [0.1, 0.15) is 51.7 Å². The highest BCUT2D eigenvalue weighted by Gasteiger charge is 2.21. The van der Waals surface area contributed by atoms with E-state index < -0.39 is 0 Å². The zero-order valence-electron chi connectivity index (χ0n) is 10.1. The van der Waals surface area contributed by atoms with Gasteiger partial charge in [0, 0.05) is 0 Å². The number of halogens is 1. The number of phenolic OH excluding ortho intramolecular Hbond substituents is 1. The third-order valence-electron chi connectivity index (χ3n) is 2.55. The fourth-order valence-corrected chi connectivity index (χ4v) is 1.61. The van der Waals surface area contributed by atoms with Gasteiger partial charge in [-0.25, -0.2) is 4.39 Å². The lowest BCUT2D eigenvalue weighted by molar-refractivity contribution is 0.451. The van der Waals surface area contributed by atoms with Crippen molar-refractivity contribution in [1.82, 2.24) is 0 Å². The van der Waals surface area contributed by atoms with Gasteiger partial charge >= 0.3 is 0 Å². The van der Waals surface area contributed by atoms with Crippen molar-refractivity contribution in [2.24, 2.45) is 0 Å². The number of phenols is 1. The summed E-state index contributed by atoms with van der Waals surface area (Å²) in [6, 6.07) is 2.99. The van der Waals surface area contributed by atoms with Crippen molar-refractivity contribution in [3.63, 3.8) is 0 Å². The molecule has 0 bridgehead atoms. The molecule has 0 aromatic heterocycles.